The van der Waals surface area contributed by atoms with Gasteiger partial charge >= 0.3 is 5.97 Å². The first-order chi connectivity index (χ1) is 14.0. The molecule has 0 saturated carbocycles. The van der Waals surface area contributed by atoms with Crippen LogP contribution in [0.5, 0.6) is 0 Å². The lowest BCUT2D eigenvalue weighted by Gasteiger charge is -2.10. The number of thiocarbonyl (C=S) groups is 1. The van der Waals surface area contributed by atoms with Crippen LogP contribution in [-0.2, 0) is 17.7 Å². The van der Waals surface area contributed by atoms with E-state index in [4.69, 9.17) is 28.6 Å². The zero-order valence-electron chi connectivity index (χ0n) is 15.9. The van der Waals surface area contributed by atoms with Gasteiger partial charge < -0.3 is 15.4 Å². The molecule has 3 aromatic rings. The lowest BCUT2D eigenvalue weighted by atomic mass is 10.1. The van der Waals surface area contributed by atoms with E-state index < -0.39 is 0 Å². The highest BCUT2D eigenvalue weighted by molar-refractivity contribution is 7.80. The highest BCUT2D eigenvalue weighted by Gasteiger charge is 2.17. The standard InChI is InChI=1S/C20H21ClN4O2S2/c1-27-19(26)17-11-16(10-14-6-3-2-4-7-14)29-18(17)24-20(28)22-8-5-9-25-13-15(21)12-23-25/h2-4,6-7,11-13H,5,8-10H2,1H3,(H2,22,24,28). The molecule has 29 heavy (non-hydrogen) atoms. The molecular formula is C20H21ClN4O2S2. The highest BCUT2D eigenvalue weighted by Crippen LogP contribution is 2.30. The summed E-state index contributed by atoms with van der Waals surface area (Å²) >= 11 is 12.7. The Kier molecular flexibility index (Phi) is 7.62. The SMILES string of the molecule is COC(=O)c1cc(Cc2ccccc2)sc1NC(=S)NCCCn1cc(Cl)cn1. The zero-order valence-corrected chi connectivity index (χ0v) is 18.2. The Bertz CT molecular complexity index is 972. The summed E-state index contributed by atoms with van der Waals surface area (Å²) in [6.07, 6.45) is 4.96. The summed E-state index contributed by atoms with van der Waals surface area (Å²) in [7, 11) is 1.37. The van der Waals surface area contributed by atoms with Crippen molar-refractivity contribution in [2.24, 2.45) is 0 Å². The number of ether oxygens (including phenoxy) is 1. The van der Waals surface area contributed by atoms with Gasteiger partial charge in [-0.3, -0.25) is 4.68 Å². The van der Waals surface area contributed by atoms with Crippen molar-refractivity contribution in [1.29, 1.82) is 0 Å². The van der Waals surface area contributed by atoms with Gasteiger partial charge in [-0.15, -0.1) is 11.3 Å². The summed E-state index contributed by atoms with van der Waals surface area (Å²) in [5, 5.41) is 12.2. The summed E-state index contributed by atoms with van der Waals surface area (Å²) in [5.74, 6) is -0.388. The molecule has 1 aromatic carbocycles. The molecule has 2 aromatic heterocycles. The predicted molar refractivity (Wildman–Crippen MR) is 121 cm³/mol. The number of methoxy groups -OCH3 is 1. The van der Waals surface area contributed by atoms with Crippen LogP contribution in [0.2, 0.25) is 5.02 Å². The van der Waals surface area contributed by atoms with Crippen LogP contribution >= 0.6 is 35.2 Å². The zero-order chi connectivity index (χ0) is 20.6. The Balaban J connectivity index is 1.57. The number of benzene rings is 1. The first-order valence-electron chi connectivity index (χ1n) is 9.03. The fourth-order valence-corrected chi connectivity index (χ4v) is 4.24. The van der Waals surface area contributed by atoms with Gasteiger partial charge in [0.1, 0.15) is 5.00 Å². The van der Waals surface area contributed by atoms with Crippen LogP contribution < -0.4 is 10.6 Å². The minimum atomic E-state index is -0.388. The van der Waals surface area contributed by atoms with Gasteiger partial charge in [-0.25, -0.2) is 4.79 Å². The molecular weight excluding hydrogens is 428 g/mol. The Hall–Kier alpha value is -2.42. The van der Waals surface area contributed by atoms with Crippen LogP contribution in [0.25, 0.3) is 0 Å². The molecule has 0 fully saturated rings. The molecule has 0 bridgehead atoms. The molecule has 0 aliphatic rings. The van der Waals surface area contributed by atoms with E-state index in [1.54, 1.807) is 17.1 Å². The molecule has 0 saturated heterocycles. The molecule has 9 heteroatoms. The number of aromatic nitrogens is 2. The first-order valence-corrected chi connectivity index (χ1v) is 10.6. The van der Waals surface area contributed by atoms with Gasteiger partial charge in [0.05, 0.1) is 23.9 Å². The van der Waals surface area contributed by atoms with Gasteiger partial charge in [0, 0.05) is 30.6 Å². The number of nitrogens with zero attached hydrogens (tertiary/aromatic N) is 2. The van der Waals surface area contributed by atoms with Gasteiger partial charge in [-0.2, -0.15) is 5.10 Å². The third kappa shape index (κ3) is 6.28. The molecule has 2 heterocycles. The van der Waals surface area contributed by atoms with E-state index in [0.717, 1.165) is 24.3 Å². The maximum atomic E-state index is 12.2. The second kappa shape index (κ2) is 10.4. The average Bonchev–Trinajstić information content (AvgIpc) is 3.31. The fraction of sp³-hybridized carbons (Fsp3) is 0.250. The number of thiophene rings is 1. The van der Waals surface area contributed by atoms with E-state index in [-0.39, 0.29) is 5.97 Å². The Morgan fingerprint density at radius 2 is 2.14 bits per heavy atom. The maximum absolute atomic E-state index is 12.2. The van der Waals surface area contributed by atoms with Crippen LogP contribution in [0.4, 0.5) is 5.00 Å². The third-order valence-electron chi connectivity index (χ3n) is 4.09. The second-order valence-corrected chi connectivity index (χ2v) is 8.25. The molecule has 3 rings (SSSR count). The van der Waals surface area contributed by atoms with Crippen molar-refractivity contribution in [2.45, 2.75) is 19.4 Å². The molecule has 0 atom stereocenters. The number of carbonyl (C=O) groups excluding carboxylic acids is 1. The third-order valence-corrected chi connectivity index (χ3v) is 5.58. The molecule has 0 radical (unpaired) electrons. The number of anilines is 1. The largest absolute Gasteiger partial charge is 0.465 e. The maximum Gasteiger partial charge on any atom is 0.340 e. The number of hydrogen-bond acceptors (Lipinski definition) is 5. The van der Waals surface area contributed by atoms with Gasteiger partial charge in [-0.1, -0.05) is 41.9 Å². The fourth-order valence-electron chi connectivity index (χ4n) is 2.73. The van der Waals surface area contributed by atoms with Gasteiger partial charge in [0.25, 0.3) is 0 Å². The molecule has 0 aliphatic carbocycles. The molecule has 2 N–H and O–H groups in total. The van der Waals surface area contributed by atoms with Crippen molar-refractivity contribution >= 4 is 51.2 Å². The van der Waals surface area contributed by atoms with E-state index >= 15 is 0 Å². The summed E-state index contributed by atoms with van der Waals surface area (Å²) in [6, 6.07) is 12.0. The minimum absolute atomic E-state index is 0.388. The van der Waals surface area contributed by atoms with Crippen molar-refractivity contribution in [1.82, 2.24) is 15.1 Å². The van der Waals surface area contributed by atoms with Crippen LogP contribution in [0, 0.1) is 0 Å². The van der Waals surface area contributed by atoms with Crippen LogP contribution in [0.3, 0.4) is 0 Å². The monoisotopic (exact) mass is 448 g/mol. The number of rotatable bonds is 8. The van der Waals surface area contributed by atoms with Crippen LogP contribution in [0.15, 0.2) is 48.8 Å². The smallest absolute Gasteiger partial charge is 0.340 e. The van der Waals surface area contributed by atoms with E-state index in [2.05, 4.69) is 27.9 Å². The van der Waals surface area contributed by atoms with Gasteiger partial charge in [0.2, 0.25) is 0 Å². The van der Waals surface area contributed by atoms with Crippen molar-refractivity contribution in [3.8, 4) is 0 Å². The van der Waals surface area contributed by atoms with Gasteiger partial charge in [0.15, 0.2) is 5.11 Å². The molecule has 0 amide bonds. The first kappa shape index (κ1) is 21.3. The number of halogens is 1. The Labute approximate surface area is 183 Å². The molecule has 152 valence electrons. The lowest BCUT2D eigenvalue weighted by molar-refractivity contribution is 0.0602. The summed E-state index contributed by atoms with van der Waals surface area (Å²) in [6.45, 7) is 1.40. The second-order valence-electron chi connectivity index (χ2n) is 6.27. The van der Waals surface area contributed by atoms with Crippen molar-refractivity contribution in [3.05, 3.63) is 69.8 Å². The molecule has 6 nitrogen and oxygen atoms in total. The number of esters is 1. The summed E-state index contributed by atoms with van der Waals surface area (Å²) < 4.78 is 6.70. The Morgan fingerprint density at radius 3 is 2.83 bits per heavy atom. The number of nitrogens with one attached hydrogen (secondary N) is 2. The van der Waals surface area contributed by atoms with E-state index in [1.807, 2.05) is 24.3 Å². The lowest BCUT2D eigenvalue weighted by Crippen LogP contribution is -2.30. The van der Waals surface area contributed by atoms with Crippen LogP contribution in [-0.4, -0.2) is 34.5 Å². The quantitative estimate of drug-likeness (QED) is 0.303. The molecule has 0 aliphatic heterocycles. The minimum Gasteiger partial charge on any atom is -0.465 e. The normalized spacial score (nSPS) is 10.6. The average molecular weight is 449 g/mol. The highest BCUT2D eigenvalue weighted by atomic mass is 35.5. The number of hydrogen-bond donors (Lipinski definition) is 2. The van der Waals surface area contributed by atoms with E-state index in [9.17, 15) is 4.79 Å². The number of carbonyl (C=O) groups is 1. The van der Waals surface area contributed by atoms with Crippen molar-refractivity contribution in [3.63, 3.8) is 0 Å². The predicted octanol–water partition coefficient (Wildman–Crippen LogP) is 4.35. The summed E-state index contributed by atoms with van der Waals surface area (Å²) in [4.78, 5) is 13.2. The molecule has 0 spiro atoms. The van der Waals surface area contributed by atoms with Crippen LogP contribution in [0.1, 0.15) is 27.2 Å². The van der Waals surface area contributed by atoms with Gasteiger partial charge in [-0.05, 0) is 30.3 Å². The molecule has 0 unspecified atom stereocenters. The van der Waals surface area contributed by atoms with E-state index in [0.29, 0.717) is 27.2 Å². The summed E-state index contributed by atoms with van der Waals surface area (Å²) in [5.41, 5.74) is 1.66. The van der Waals surface area contributed by atoms with Crippen molar-refractivity contribution in [2.75, 3.05) is 19.0 Å². The van der Waals surface area contributed by atoms with E-state index in [1.165, 1.54) is 24.0 Å². The topological polar surface area (TPSA) is 68.2 Å². The number of aryl methyl sites for hydroxylation is 1. The van der Waals surface area contributed by atoms with Crippen molar-refractivity contribution < 1.29 is 9.53 Å². The Morgan fingerprint density at radius 1 is 1.34 bits per heavy atom.